The van der Waals surface area contributed by atoms with Gasteiger partial charge in [-0.15, -0.1) is 0 Å². The molecular formula is C28H20ClNO5S2. The van der Waals surface area contributed by atoms with Crippen molar-refractivity contribution in [1.82, 2.24) is 4.90 Å². The number of hydrogen-bond acceptors (Lipinski definition) is 6. The number of halogens is 1. The minimum absolute atomic E-state index is 0.0130. The Balaban J connectivity index is 1.54. The summed E-state index contributed by atoms with van der Waals surface area (Å²) in [5, 5.41) is 1.59. The van der Waals surface area contributed by atoms with Crippen LogP contribution in [0.1, 0.15) is 16.7 Å². The molecule has 1 heterocycles. The van der Waals surface area contributed by atoms with Crippen molar-refractivity contribution >= 4 is 61.5 Å². The molecule has 1 aliphatic rings. The van der Waals surface area contributed by atoms with Gasteiger partial charge in [-0.3, -0.25) is 14.5 Å². The first-order valence-corrected chi connectivity index (χ1v) is 13.8. The smallest absolute Gasteiger partial charge is 0.339 e. The van der Waals surface area contributed by atoms with E-state index in [0.717, 1.165) is 33.2 Å². The van der Waals surface area contributed by atoms with Crippen molar-refractivity contribution < 1.29 is 22.2 Å². The van der Waals surface area contributed by atoms with E-state index in [1.807, 2.05) is 31.2 Å². The van der Waals surface area contributed by atoms with E-state index in [0.29, 0.717) is 16.0 Å². The average Bonchev–Trinajstić information content (AvgIpc) is 3.13. The van der Waals surface area contributed by atoms with Crippen molar-refractivity contribution in [3.05, 3.63) is 112 Å². The highest BCUT2D eigenvalue weighted by molar-refractivity contribution is 8.18. The molecule has 0 bridgehead atoms. The van der Waals surface area contributed by atoms with Gasteiger partial charge in [-0.05, 0) is 71.4 Å². The predicted molar refractivity (Wildman–Crippen MR) is 146 cm³/mol. The summed E-state index contributed by atoms with van der Waals surface area (Å²) in [7, 11) is -4.15. The molecule has 4 aromatic rings. The number of aryl methyl sites for hydroxylation is 1. The quantitative estimate of drug-likeness (QED) is 0.194. The van der Waals surface area contributed by atoms with E-state index in [1.165, 1.54) is 18.2 Å². The summed E-state index contributed by atoms with van der Waals surface area (Å²) in [6.45, 7) is 1.93. The first-order valence-electron chi connectivity index (χ1n) is 11.2. The lowest BCUT2D eigenvalue weighted by Crippen LogP contribution is -2.27. The summed E-state index contributed by atoms with van der Waals surface area (Å²) in [6, 6.07) is 23.9. The van der Waals surface area contributed by atoms with E-state index in [2.05, 4.69) is 0 Å². The van der Waals surface area contributed by atoms with Gasteiger partial charge in [0, 0.05) is 10.6 Å². The molecule has 0 aromatic heterocycles. The fourth-order valence-corrected chi connectivity index (χ4v) is 5.93. The molecule has 0 unspecified atom stereocenters. The van der Waals surface area contributed by atoms with E-state index in [-0.39, 0.29) is 22.1 Å². The van der Waals surface area contributed by atoms with Crippen LogP contribution in [-0.4, -0.2) is 24.5 Å². The zero-order valence-electron chi connectivity index (χ0n) is 19.6. The van der Waals surface area contributed by atoms with Crippen molar-refractivity contribution in [2.45, 2.75) is 18.4 Å². The van der Waals surface area contributed by atoms with Crippen LogP contribution >= 0.6 is 23.4 Å². The minimum atomic E-state index is -4.15. The molecular weight excluding hydrogens is 530 g/mol. The molecule has 0 N–H and O–H groups in total. The second-order valence-electron chi connectivity index (χ2n) is 8.45. The second kappa shape index (κ2) is 10.0. The highest BCUT2D eigenvalue weighted by atomic mass is 35.5. The van der Waals surface area contributed by atoms with Gasteiger partial charge in [0.05, 0.1) is 11.4 Å². The number of hydrogen-bond donors (Lipinski definition) is 0. The first-order chi connectivity index (χ1) is 17.7. The zero-order chi connectivity index (χ0) is 26.2. The summed E-state index contributed by atoms with van der Waals surface area (Å²) in [5.41, 5.74) is 2.02. The maximum Gasteiger partial charge on any atom is 0.339 e. The second-order valence-corrected chi connectivity index (χ2v) is 11.4. The number of thioether (sulfide) groups is 1. The molecule has 1 fully saturated rings. The van der Waals surface area contributed by atoms with Crippen molar-refractivity contribution in [2.75, 3.05) is 0 Å². The molecule has 37 heavy (non-hydrogen) atoms. The third-order valence-corrected chi connectivity index (χ3v) is 8.21. The van der Waals surface area contributed by atoms with Gasteiger partial charge in [0.1, 0.15) is 4.90 Å². The van der Waals surface area contributed by atoms with Gasteiger partial charge in [0.2, 0.25) is 0 Å². The predicted octanol–water partition coefficient (Wildman–Crippen LogP) is 6.81. The van der Waals surface area contributed by atoms with Gasteiger partial charge in [-0.2, -0.15) is 8.42 Å². The topological polar surface area (TPSA) is 80.8 Å². The molecule has 1 saturated heterocycles. The van der Waals surface area contributed by atoms with Crippen LogP contribution in [0.5, 0.6) is 5.75 Å². The van der Waals surface area contributed by atoms with E-state index in [1.54, 1.807) is 48.5 Å². The van der Waals surface area contributed by atoms with Crippen LogP contribution in [0.2, 0.25) is 5.02 Å². The number of amides is 2. The van der Waals surface area contributed by atoms with Gasteiger partial charge in [0.15, 0.2) is 5.75 Å². The third kappa shape index (κ3) is 5.27. The summed E-state index contributed by atoms with van der Waals surface area (Å²) >= 11 is 6.84. The molecule has 2 amide bonds. The average molecular weight is 550 g/mol. The maximum atomic E-state index is 13.2. The molecule has 0 aliphatic carbocycles. The third-order valence-electron chi connectivity index (χ3n) is 5.82. The Morgan fingerprint density at radius 1 is 0.946 bits per heavy atom. The van der Waals surface area contributed by atoms with Crippen LogP contribution in [0.15, 0.2) is 94.7 Å². The Kier molecular flexibility index (Phi) is 6.81. The molecule has 0 saturated carbocycles. The highest BCUT2D eigenvalue weighted by Crippen LogP contribution is 2.38. The Morgan fingerprint density at radius 2 is 1.70 bits per heavy atom. The van der Waals surface area contributed by atoms with Gasteiger partial charge in [-0.1, -0.05) is 71.8 Å². The van der Waals surface area contributed by atoms with Crippen molar-refractivity contribution in [1.29, 1.82) is 0 Å². The van der Waals surface area contributed by atoms with Crippen LogP contribution < -0.4 is 4.18 Å². The van der Waals surface area contributed by atoms with Crippen molar-refractivity contribution in [3.63, 3.8) is 0 Å². The fraction of sp³-hybridized carbons (Fsp3) is 0.0714. The lowest BCUT2D eigenvalue weighted by atomic mass is 10.0. The molecule has 6 nitrogen and oxygen atoms in total. The van der Waals surface area contributed by atoms with Crippen LogP contribution in [0, 0.1) is 6.92 Å². The molecule has 0 spiro atoms. The van der Waals surface area contributed by atoms with Gasteiger partial charge >= 0.3 is 10.1 Å². The molecule has 4 aromatic carbocycles. The lowest BCUT2D eigenvalue weighted by molar-refractivity contribution is -0.123. The minimum Gasteiger partial charge on any atom is -0.378 e. The SMILES string of the molecule is Cc1ccc(S(=O)(=O)Oc2ccc3ccccc3c2/C=C2\SC(=O)N(Cc3cccc(Cl)c3)C2=O)cc1. The van der Waals surface area contributed by atoms with Crippen molar-refractivity contribution in [2.24, 2.45) is 0 Å². The number of benzene rings is 4. The summed E-state index contributed by atoms with van der Waals surface area (Å²) in [5.74, 6) is -0.420. The Morgan fingerprint density at radius 3 is 2.46 bits per heavy atom. The molecule has 186 valence electrons. The first kappa shape index (κ1) is 25.1. The van der Waals surface area contributed by atoms with Crippen LogP contribution in [-0.2, 0) is 21.5 Å². The van der Waals surface area contributed by atoms with Crippen molar-refractivity contribution in [3.8, 4) is 5.75 Å². The largest absolute Gasteiger partial charge is 0.378 e. The summed E-state index contributed by atoms with van der Waals surface area (Å²) in [4.78, 5) is 27.3. The van der Waals surface area contributed by atoms with Crippen LogP contribution in [0.3, 0.4) is 0 Å². The standard InChI is InChI=1S/C28H20ClNO5S2/c1-18-9-12-22(13-10-18)37(33,34)35-25-14-11-20-6-2-3-8-23(20)24(25)16-26-27(31)30(28(32)36-26)17-19-5-4-7-21(29)15-19/h2-16H,17H2,1H3/b26-16-. The number of carbonyl (C=O) groups is 2. The van der Waals surface area contributed by atoms with Gasteiger partial charge in [-0.25, -0.2) is 0 Å². The fourth-order valence-electron chi connectivity index (χ4n) is 3.95. The number of nitrogens with zero attached hydrogens (tertiary/aromatic N) is 1. The monoisotopic (exact) mass is 549 g/mol. The molecule has 9 heteroatoms. The summed E-state index contributed by atoms with van der Waals surface area (Å²) < 4.78 is 31.7. The number of rotatable bonds is 6. The Bertz CT molecular complexity index is 1680. The molecule has 5 rings (SSSR count). The van der Waals surface area contributed by atoms with E-state index in [4.69, 9.17) is 15.8 Å². The highest BCUT2D eigenvalue weighted by Gasteiger charge is 2.35. The maximum absolute atomic E-state index is 13.2. The molecule has 0 atom stereocenters. The number of carbonyl (C=O) groups excluding carboxylic acids is 2. The lowest BCUT2D eigenvalue weighted by Gasteiger charge is -2.13. The van der Waals surface area contributed by atoms with Gasteiger partial charge in [0.25, 0.3) is 11.1 Å². The number of fused-ring (bicyclic) bond motifs is 1. The van der Waals surface area contributed by atoms with Crippen LogP contribution in [0.25, 0.3) is 16.8 Å². The molecule has 0 radical (unpaired) electrons. The van der Waals surface area contributed by atoms with E-state index >= 15 is 0 Å². The van der Waals surface area contributed by atoms with Gasteiger partial charge < -0.3 is 4.18 Å². The Labute approximate surface area is 223 Å². The van der Waals surface area contributed by atoms with Crippen LogP contribution in [0.4, 0.5) is 4.79 Å². The Hall–Kier alpha value is -3.59. The number of imide groups is 1. The van der Waals surface area contributed by atoms with E-state index in [9.17, 15) is 18.0 Å². The molecule has 1 aliphatic heterocycles. The normalized spacial score (nSPS) is 15.1. The zero-order valence-corrected chi connectivity index (χ0v) is 21.9. The summed E-state index contributed by atoms with van der Waals surface area (Å²) in [6.07, 6.45) is 1.52. The van der Waals surface area contributed by atoms with E-state index < -0.39 is 21.3 Å².